The molecule has 0 aliphatic rings. The number of non-ortho nitro benzene ring substituents is 1. The molecular formula is C20H13Cl2N3O5S2. The molecule has 0 radical (unpaired) electrons. The molecule has 0 fully saturated rings. The minimum Gasteiger partial charge on any atom is -0.465 e. The number of thiophene rings is 1. The third-order valence-corrected chi connectivity index (χ3v) is 7.04. The van der Waals surface area contributed by atoms with Crippen LogP contribution in [0.15, 0.2) is 41.4 Å². The summed E-state index contributed by atoms with van der Waals surface area (Å²) in [5, 5.41) is 12.3. The number of nitro benzene ring substituents is 1. The standard InChI is InChI=1S/C20H13Cl2N3O5S2/c1-2-30-17(26)9-24-18-13(22)7-11(21)8-15(18)32-20(24)23-19(27)16-6-10-5-12(25(28)29)3-4-14(10)31-16/h3-8H,2,9H2,1H3. The minimum absolute atomic E-state index is 0.0606. The molecule has 0 atom stereocenters. The summed E-state index contributed by atoms with van der Waals surface area (Å²) in [6, 6.07) is 9.17. The van der Waals surface area contributed by atoms with Crippen molar-refractivity contribution in [2.24, 2.45) is 4.99 Å². The number of benzene rings is 2. The molecule has 0 saturated heterocycles. The van der Waals surface area contributed by atoms with E-state index in [1.807, 2.05) is 0 Å². The predicted molar refractivity (Wildman–Crippen MR) is 125 cm³/mol. The Morgan fingerprint density at radius 3 is 2.66 bits per heavy atom. The minimum atomic E-state index is -0.541. The van der Waals surface area contributed by atoms with Crippen molar-refractivity contribution in [1.29, 1.82) is 0 Å². The molecule has 0 N–H and O–H groups in total. The molecule has 0 aliphatic carbocycles. The molecule has 0 saturated carbocycles. The molecule has 32 heavy (non-hydrogen) atoms. The molecule has 0 bridgehead atoms. The van der Waals surface area contributed by atoms with Gasteiger partial charge in [0, 0.05) is 27.2 Å². The molecule has 1 amide bonds. The Hall–Kier alpha value is -2.79. The summed E-state index contributed by atoms with van der Waals surface area (Å²) >= 11 is 14.8. The largest absolute Gasteiger partial charge is 0.465 e. The first-order chi connectivity index (χ1) is 15.3. The van der Waals surface area contributed by atoms with E-state index in [1.54, 1.807) is 31.2 Å². The number of nitrogens with zero attached hydrogens (tertiary/aromatic N) is 3. The second-order valence-electron chi connectivity index (χ2n) is 6.52. The molecule has 12 heteroatoms. The predicted octanol–water partition coefficient (Wildman–Crippen LogP) is 5.44. The van der Waals surface area contributed by atoms with Gasteiger partial charge in [-0.1, -0.05) is 34.5 Å². The zero-order valence-corrected chi connectivity index (χ0v) is 19.5. The fraction of sp³-hybridized carbons (Fsp3) is 0.150. The van der Waals surface area contributed by atoms with Crippen LogP contribution in [0.1, 0.15) is 16.6 Å². The van der Waals surface area contributed by atoms with Gasteiger partial charge in [0.05, 0.1) is 31.6 Å². The van der Waals surface area contributed by atoms with Gasteiger partial charge in [-0.05, 0) is 31.2 Å². The van der Waals surface area contributed by atoms with Crippen LogP contribution < -0.4 is 4.80 Å². The highest BCUT2D eigenvalue weighted by Gasteiger charge is 2.17. The number of rotatable bonds is 5. The Kier molecular flexibility index (Phi) is 6.29. The van der Waals surface area contributed by atoms with Crippen molar-refractivity contribution in [3.05, 3.63) is 66.2 Å². The highest BCUT2D eigenvalue weighted by Crippen LogP contribution is 2.31. The number of esters is 1. The molecule has 0 spiro atoms. The van der Waals surface area contributed by atoms with Gasteiger partial charge in [0.25, 0.3) is 11.6 Å². The van der Waals surface area contributed by atoms with Crippen molar-refractivity contribution in [2.45, 2.75) is 13.5 Å². The van der Waals surface area contributed by atoms with Gasteiger partial charge in [-0.25, -0.2) is 0 Å². The van der Waals surface area contributed by atoms with E-state index in [2.05, 4.69) is 4.99 Å². The first-order valence-corrected chi connectivity index (χ1v) is 11.6. The fourth-order valence-electron chi connectivity index (χ4n) is 3.09. The monoisotopic (exact) mass is 509 g/mol. The van der Waals surface area contributed by atoms with Crippen LogP contribution in [0, 0.1) is 10.1 Å². The molecule has 4 rings (SSSR count). The smallest absolute Gasteiger partial charge is 0.326 e. The van der Waals surface area contributed by atoms with Gasteiger partial charge in [-0.3, -0.25) is 19.7 Å². The maximum absolute atomic E-state index is 12.9. The van der Waals surface area contributed by atoms with E-state index in [9.17, 15) is 19.7 Å². The van der Waals surface area contributed by atoms with Gasteiger partial charge in [-0.2, -0.15) is 4.99 Å². The number of hydrogen-bond acceptors (Lipinski definition) is 7. The van der Waals surface area contributed by atoms with Crippen LogP contribution in [0.4, 0.5) is 5.69 Å². The van der Waals surface area contributed by atoms with Crippen molar-refractivity contribution in [1.82, 2.24) is 4.57 Å². The number of nitro groups is 1. The summed E-state index contributed by atoms with van der Waals surface area (Å²) in [4.78, 5) is 40.4. The quantitative estimate of drug-likeness (QED) is 0.202. The third-order valence-electron chi connectivity index (χ3n) is 4.41. The van der Waals surface area contributed by atoms with Crippen LogP contribution >= 0.6 is 45.9 Å². The number of carbonyl (C=O) groups excluding carboxylic acids is 2. The Labute approximate surface area is 198 Å². The van der Waals surface area contributed by atoms with Crippen LogP contribution in [-0.2, 0) is 16.1 Å². The number of carbonyl (C=O) groups is 2. The molecule has 2 aromatic carbocycles. The van der Waals surface area contributed by atoms with Gasteiger partial charge in [-0.15, -0.1) is 11.3 Å². The van der Waals surface area contributed by atoms with Crippen molar-refractivity contribution < 1.29 is 19.2 Å². The Morgan fingerprint density at radius 2 is 1.94 bits per heavy atom. The lowest BCUT2D eigenvalue weighted by Gasteiger charge is -2.06. The summed E-state index contributed by atoms with van der Waals surface area (Å²) in [5.74, 6) is -1.04. The summed E-state index contributed by atoms with van der Waals surface area (Å²) in [6.07, 6.45) is 0. The molecule has 2 aromatic heterocycles. The highest BCUT2D eigenvalue weighted by molar-refractivity contribution is 7.21. The zero-order chi connectivity index (χ0) is 23.0. The highest BCUT2D eigenvalue weighted by atomic mass is 35.5. The Bertz CT molecular complexity index is 1470. The van der Waals surface area contributed by atoms with Crippen LogP contribution in [0.25, 0.3) is 20.3 Å². The number of hydrogen-bond donors (Lipinski definition) is 0. The van der Waals surface area contributed by atoms with Crippen LogP contribution in [0.2, 0.25) is 10.0 Å². The van der Waals surface area contributed by atoms with E-state index in [-0.39, 0.29) is 23.6 Å². The number of aromatic nitrogens is 1. The lowest BCUT2D eigenvalue weighted by atomic mass is 10.2. The summed E-state index contributed by atoms with van der Waals surface area (Å²) in [7, 11) is 0. The van der Waals surface area contributed by atoms with Gasteiger partial charge in [0.15, 0.2) is 4.80 Å². The van der Waals surface area contributed by atoms with E-state index in [4.69, 9.17) is 27.9 Å². The average molecular weight is 510 g/mol. The number of fused-ring (bicyclic) bond motifs is 2. The van der Waals surface area contributed by atoms with Crippen molar-refractivity contribution >= 4 is 83.7 Å². The Morgan fingerprint density at radius 1 is 1.16 bits per heavy atom. The van der Waals surface area contributed by atoms with Crippen molar-refractivity contribution in [2.75, 3.05) is 6.61 Å². The number of thiazole rings is 1. The normalized spacial score (nSPS) is 11.9. The van der Waals surface area contributed by atoms with Crippen LogP contribution in [0.3, 0.4) is 0 Å². The molecule has 2 heterocycles. The summed E-state index contributed by atoms with van der Waals surface area (Å²) in [5.41, 5.74) is 0.460. The van der Waals surface area contributed by atoms with Gasteiger partial charge >= 0.3 is 5.97 Å². The lowest BCUT2D eigenvalue weighted by molar-refractivity contribution is -0.384. The van der Waals surface area contributed by atoms with E-state index in [1.165, 1.54) is 28.0 Å². The Balaban J connectivity index is 1.82. The molecule has 164 valence electrons. The maximum atomic E-state index is 12.9. The van der Waals surface area contributed by atoms with Crippen LogP contribution in [-0.4, -0.2) is 28.0 Å². The molecular weight excluding hydrogens is 497 g/mol. The molecule has 4 aromatic rings. The van der Waals surface area contributed by atoms with Gasteiger partial charge in [0.1, 0.15) is 6.54 Å². The third kappa shape index (κ3) is 4.40. The topological polar surface area (TPSA) is 104 Å². The average Bonchev–Trinajstić information content (AvgIpc) is 3.29. The number of ether oxygens (including phenoxy) is 1. The SMILES string of the molecule is CCOC(=O)Cn1c(=NC(=O)c2cc3cc([N+](=O)[O-])ccc3s2)sc2cc(Cl)cc(Cl)c21. The molecule has 8 nitrogen and oxygen atoms in total. The van der Waals surface area contributed by atoms with E-state index in [0.29, 0.717) is 30.5 Å². The second kappa shape index (κ2) is 8.99. The number of halogens is 2. The van der Waals surface area contributed by atoms with Gasteiger partial charge < -0.3 is 9.30 Å². The van der Waals surface area contributed by atoms with Crippen molar-refractivity contribution in [3.63, 3.8) is 0 Å². The van der Waals surface area contributed by atoms with E-state index in [0.717, 1.165) is 16.0 Å². The first-order valence-electron chi connectivity index (χ1n) is 9.18. The van der Waals surface area contributed by atoms with E-state index < -0.39 is 16.8 Å². The first kappa shape index (κ1) is 22.4. The molecule has 0 aliphatic heterocycles. The zero-order valence-electron chi connectivity index (χ0n) is 16.3. The fourth-order valence-corrected chi connectivity index (χ4v) is 5.83. The summed E-state index contributed by atoms with van der Waals surface area (Å²) < 4.78 is 7.94. The number of amides is 1. The second-order valence-corrected chi connectivity index (χ2v) is 9.45. The lowest BCUT2D eigenvalue weighted by Crippen LogP contribution is -2.23. The summed E-state index contributed by atoms with van der Waals surface area (Å²) in [6.45, 7) is 1.72. The van der Waals surface area contributed by atoms with E-state index >= 15 is 0 Å². The van der Waals surface area contributed by atoms with Crippen LogP contribution in [0.5, 0.6) is 0 Å². The van der Waals surface area contributed by atoms with Gasteiger partial charge in [0.2, 0.25) is 0 Å². The van der Waals surface area contributed by atoms with Crippen molar-refractivity contribution in [3.8, 4) is 0 Å². The maximum Gasteiger partial charge on any atom is 0.326 e. The molecule has 0 unspecified atom stereocenters.